The summed E-state index contributed by atoms with van der Waals surface area (Å²) in [5, 5.41) is 13.0. The van der Waals surface area contributed by atoms with Crippen LogP contribution in [0.25, 0.3) is 11.2 Å². The first kappa shape index (κ1) is 19.0. The molecule has 2 N–H and O–H groups in total. The molecule has 1 aliphatic heterocycles. The van der Waals surface area contributed by atoms with E-state index in [9.17, 15) is 9.90 Å². The Morgan fingerprint density at radius 2 is 2.20 bits per heavy atom. The van der Waals surface area contributed by atoms with Gasteiger partial charge in [-0.05, 0) is 24.0 Å². The van der Waals surface area contributed by atoms with Crippen molar-refractivity contribution in [3.8, 4) is 0 Å². The second kappa shape index (κ2) is 7.66. The molecule has 3 aromatic rings. The molecule has 4 atom stereocenters. The van der Waals surface area contributed by atoms with Crippen molar-refractivity contribution in [1.82, 2.24) is 19.5 Å². The maximum atomic E-state index is 11.5. The molecule has 1 aliphatic carbocycles. The van der Waals surface area contributed by atoms with Crippen LogP contribution in [-0.2, 0) is 20.7 Å². The van der Waals surface area contributed by atoms with Gasteiger partial charge in [0.1, 0.15) is 12.4 Å². The summed E-state index contributed by atoms with van der Waals surface area (Å²) in [6.45, 7) is 1.21. The molecule has 2 aliphatic rings. The number of fused-ring (bicyclic) bond motifs is 2. The number of carbonyl (C=O) groups excluding carboxylic acids is 1. The Balaban J connectivity index is 1.46. The second-order valence-electron chi connectivity index (χ2n) is 7.70. The van der Waals surface area contributed by atoms with E-state index in [4.69, 9.17) is 9.47 Å². The highest BCUT2D eigenvalue weighted by Crippen LogP contribution is 2.36. The normalized spacial score (nSPS) is 25.4. The number of aryl methyl sites for hydroxylation is 1. The van der Waals surface area contributed by atoms with Crippen LogP contribution >= 0.6 is 0 Å². The molecule has 0 amide bonds. The predicted molar refractivity (Wildman–Crippen MR) is 108 cm³/mol. The molecule has 9 heteroatoms. The summed E-state index contributed by atoms with van der Waals surface area (Å²) in [4.78, 5) is 24.9. The van der Waals surface area contributed by atoms with Crippen molar-refractivity contribution in [2.75, 3.05) is 11.9 Å². The van der Waals surface area contributed by atoms with Crippen LogP contribution in [0.3, 0.4) is 0 Å². The minimum atomic E-state index is -0.606. The van der Waals surface area contributed by atoms with Gasteiger partial charge >= 0.3 is 5.97 Å². The van der Waals surface area contributed by atoms with E-state index in [2.05, 4.69) is 38.5 Å². The van der Waals surface area contributed by atoms with Crippen LogP contribution in [0, 0.1) is 0 Å². The quantitative estimate of drug-likeness (QED) is 0.617. The van der Waals surface area contributed by atoms with Crippen molar-refractivity contribution in [1.29, 1.82) is 0 Å². The molecule has 5 rings (SSSR count). The fraction of sp³-hybridized carbons (Fsp3) is 0.429. The largest absolute Gasteiger partial charge is 0.458 e. The summed E-state index contributed by atoms with van der Waals surface area (Å²) in [7, 11) is 0. The van der Waals surface area contributed by atoms with Gasteiger partial charge in [-0.15, -0.1) is 0 Å². The molecule has 1 aromatic carbocycles. The third-order valence-electron chi connectivity index (χ3n) is 5.74. The van der Waals surface area contributed by atoms with Crippen molar-refractivity contribution in [2.45, 2.75) is 50.7 Å². The van der Waals surface area contributed by atoms with E-state index in [1.54, 1.807) is 10.9 Å². The first-order valence-electron chi connectivity index (χ1n) is 10.1. The molecule has 2 unspecified atom stereocenters. The molecule has 1 fully saturated rings. The lowest BCUT2D eigenvalue weighted by molar-refractivity contribution is -0.152. The Bertz CT molecular complexity index is 1080. The number of ether oxygens (including phenoxy) is 2. The van der Waals surface area contributed by atoms with Gasteiger partial charge < -0.3 is 19.9 Å². The number of rotatable bonds is 5. The number of nitrogens with zero attached hydrogens (tertiary/aromatic N) is 4. The molecular formula is C21H23N5O4. The molecule has 0 spiro atoms. The molecule has 3 heterocycles. The third kappa shape index (κ3) is 3.29. The zero-order valence-electron chi connectivity index (χ0n) is 16.6. The van der Waals surface area contributed by atoms with Crippen molar-refractivity contribution in [3.63, 3.8) is 0 Å². The Labute approximate surface area is 173 Å². The van der Waals surface area contributed by atoms with Gasteiger partial charge in [-0.1, -0.05) is 24.3 Å². The molecule has 156 valence electrons. The van der Waals surface area contributed by atoms with Gasteiger partial charge in [0, 0.05) is 13.3 Å². The van der Waals surface area contributed by atoms with E-state index in [0.29, 0.717) is 23.4 Å². The first-order valence-corrected chi connectivity index (χ1v) is 10.1. The van der Waals surface area contributed by atoms with Crippen molar-refractivity contribution in [3.05, 3.63) is 48.0 Å². The zero-order valence-corrected chi connectivity index (χ0v) is 16.6. The van der Waals surface area contributed by atoms with Crippen LogP contribution in [0.2, 0.25) is 0 Å². The summed E-state index contributed by atoms with van der Waals surface area (Å²) in [6, 6.07) is 8.58. The second-order valence-corrected chi connectivity index (χ2v) is 7.70. The van der Waals surface area contributed by atoms with Crippen LogP contribution in [-0.4, -0.2) is 49.4 Å². The van der Waals surface area contributed by atoms with Crippen LogP contribution < -0.4 is 5.32 Å². The predicted octanol–water partition coefficient (Wildman–Crippen LogP) is 2.14. The SMILES string of the molecule is CC(=O)OC1CC(CO)O[C@H]1n1cnc2c(N[C@H]3CCc4ccccc43)ncnc21. The number of aliphatic hydroxyl groups is 1. The summed E-state index contributed by atoms with van der Waals surface area (Å²) >= 11 is 0. The number of hydrogen-bond acceptors (Lipinski definition) is 8. The van der Waals surface area contributed by atoms with Gasteiger partial charge in [0.2, 0.25) is 0 Å². The fourth-order valence-corrected chi connectivity index (χ4v) is 4.41. The average Bonchev–Trinajstić information content (AvgIpc) is 3.45. The molecule has 9 nitrogen and oxygen atoms in total. The van der Waals surface area contributed by atoms with E-state index < -0.39 is 24.4 Å². The monoisotopic (exact) mass is 409 g/mol. The van der Waals surface area contributed by atoms with Gasteiger partial charge in [-0.25, -0.2) is 15.0 Å². The van der Waals surface area contributed by atoms with Gasteiger partial charge in [-0.3, -0.25) is 9.36 Å². The molecule has 2 aromatic heterocycles. The van der Waals surface area contributed by atoms with Crippen LogP contribution in [0.4, 0.5) is 5.82 Å². The van der Waals surface area contributed by atoms with Crippen LogP contribution in [0.5, 0.6) is 0 Å². The Morgan fingerprint density at radius 1 is 1.33 bits per heavy atom. The Kier molecular flexibility index (Phi) is 4.84. The van der Waals surface area contributed by atoms with Crippen LogP contribution in [0.1, 0.15) is 43.2 Å². The number of aromatic nitrogens is 4. The van der Waals surface area contributed by atoms with E-state index in [1.807, 2.05) is 6.07 Å². The Hall–Kier alpha value is -3.04. The van der Waals surface area contributed by atoms with Crippen molar-refractivity contribution < 1.29 is 19.4 Å². The summed E-state index contributed by atoms with van der Waals surface area (Å²) in [5.41, 5.74) is 3.84. The summed E-state index contributed by atoms with van der Waals surface area (Å²) < 4.78 is 13.1. The molecular weight excluding hydrogens is 386 g/mol. The number of benzene rings is 1. The van der Waals surface area contributed by atoms with Gasteiger partial charge in [-0.2, -0.15) is 0 Å². The zero-order chi connectivity index (χ0) is 20.7. The number of esters is 1. The average molecular weight is 409 g/mol. The minimum absolute atomic E-state index is 0.149. The lowest BCUT2D eigenvalue weighted by Gasteiger charge is -2.20. The molecule has 30 heavy (non-hydrogen) atoms. The molecule has 0 bridgehead atoms. The first-order chi connectivity index (χ1) is 14.6. The highest BCUT2D eigenvalue weighted by Gasteiger charge is 2.39. The van der Waals surface area contributed by atoms with Crippen molar-refractivity contribution in [2.24, 2.45) is 0 Å². The van der Waals surface area contributed by atoms with E-state index in [0.717, 1.165) is 12.8 Å². The van der Waals surface area contributed by atoms with E-state index in [-0.39, 0.29) is 12.6 Å². The van der Waals surface area contributed by atoms with Crippen LogP contribution in [0.15, 0.2) is 36.9 Å². The topological polar surface area (TPSA) is 111 Å². The summed E-state index contributed by atoms with van der Waals surface area (Å²) in [6.07, 6.45) is 4.00. The lowest BCUT2D eigenvalue weighted by atomic mass is 10.1. The standard InChI is InChI=1S/C21H23N5O4/c1-12(28)29-17-8-14(9-27)30-21(17)26-11-24-18-19(22-10-23-20(18)26)25-16-7-6-13-4-2-3-5-15(13)16/h2-5,10-11,14,16-17,21,27H,6-9H2,1H3,(H,22,23,25)/t14?,16-,17?,21+/m0/s1. The summed E-state index contributed by atoms with van der Waals surface area (Å²) in [5.74, 6) is 0.259. The number of imidazole rings is 1. The molecule has 0 saturated carbocycles. The maximum absolute atomic E-state index is 11.5. The number of anilines is 1. The molecule has 0 radical (unpaired) electrons. The maximum Gasteiger partial charge on any atom is 0.303 e. The third-order valence-corrected chi connectivity index (χ3v) is 5.74. The number of hydrogen-bond donors (Lipinski definition) is 2. The number of nitrogens with one attached hydrogen (secondary N) is 1. The lowest BCUT2D eigenvalue weighted by Crippen LogP contribution is -2.24. The Morgan fingerprint density at radius 3 is 3.03 bits per heavy atom. The molecule has 1 saturated heterocycles. The van der Waals surface area contributed by atoms with E-state index in [1.165, 1.54) is 24.4 Å². The van der Waals surface area contributed by atoms with Crippen molar-refractivity contribution >= 4 is 23.0 Å². The van der Waals surface area contributed by atoms with E-state index >= 15 is 0 Å². The number of aliphatic hydroxyl groups excluding tert-OH is 1. The fourth-order valence-electron chi connectivity index (χ4n) is 4.41. The van der Waals surface area contributed by atoms with Gasteiger partial charge in [0.15, 0.2) is 23.2 Å². The smallest absolute Gasteiger partial charge is 0.303 e. The van der Waals surface area contributed by atoms with Gasteiger partial charge in [0.25, 0.3) is 0 Å². The highest BCUT2D eigenvalue weighted by molar-refractivity contribution is 5.83. The minimum Gasteiger partial charge on any atom is -0.458 e. The number of carbonyl (C=O) groups is 1. The van der Waals surface area contributed by atoms with Gasteiger partial charge in [0.05, 0.1) is 25.1 Å². The highest BCUT2D eigenvalue weighted by atomic mass is 16.6.